The molecule has 9 heteroatoms. The lowest BCUT2D eigenvalue weighted by atomic mass is 10.3. The second-order valence-electron chi connectivity index (χ2n) is 7.01. The summed E-state index contributed by atoms with van der Waals surface area (Å²) in [6.07, 6.45) is 3.39. The average Bonchev–Trinajstić information content (AvgIpc) is 3.50. The summed E-state index contributed by atoms with van der Waals surface area (Å²) in [6, 6.07) is 14.6. The second-order valence-corrected chi connectivity index (χ2v) is 7.01. The molecule has 160 valence electrons. The first-order chi connectivity index (χ1) is 14.3. The minimum atomic E-state index is 0. The Morgan fingerprint density at radius 3 is 2.90 bits per heavy atom. The zero-order valence-electron chi connectivity index (χ0n) is 17.0. The van der Waals surface area contributed by atoms with E-state index in [0.717, 1.165) is 37.8 Å². The summed E-state index contributed by atoms with van der Waals surface area (Å²) >= 11 is 0. The Morgan fingerprint density at radius 2 is 2.13 bits per heavy atom. The van der Waals surface area contributed by atoms with Crippen LogP contribution in [0, 0.1) is 0 Å². The molecule has 1 atom stereocenters. The maximum Gasteiger partial charge on any atom is 0.216 e. The summed E-state index contributed by atoms with van der Waals surface area (Å²) in [5.41, 5.74) is 1.27. The SMILES string of the molecule is CCNC(=NCCc1nc(-c2ccco2)n[nH]1)NC1CCN(c2ccccc2)C1.I. The number of anilines is 1. The van der Waals surface area contributed by atoms with Gasteiger partial charge in [-0.2, -0.15) is 5.10 Å². The van der Waals surface area contributed by atoms with Crippen LogP contribution >= 0.6 is 24.0 Å². The quantitative estimate of drug-likeness (QED) is 0.252. The van der Waals surface area contributed by atoms with Crippen LogP contribution in [-0.2, 0) is 6.42 Å². The summed E-state index contributed by atoms with van der Waals surface area (Å²) in [4.78, 5) is 11.6. The number of aliphatic imine (C=N–C) groups is 1. The second kappa shape index (κ2) is 11.0. The first-order valence-corrected chi connectivity index (χ1v) is 10.1. The average molecular weight is 521 g/mol. The smallest absolute Gasteiger partial charge is 0.216 e. The van der Waals surface area contributed by atoms with Crippen LogP contribution in [0.25, 0.3) is 11.6 Å². The fourth-order valence-corrected chi connectivity index (χ4v) is 3.46. The van der Waals surface area contributed by atoms with Crippen LogP contribution in [-0.4, -0.2) is 53.4 Å². The van der Waals surface area contributed by atoms with Gasteiger partial charge in [0.1, 0.15) is 5.82 Å². The van der Waals surface area contributed by atoms with Gasteiger partial charge in [-0.05, 0) is 37.6 Å². The van der Waals surface area contributed by atoms with Gasteiger partial charge in [-0.15, -0.1) is 24.0 Å². The predicted octanol–water partition coefficient (Wildman–Crippen LogP) is 3.06. The number of hydrogen-bond donors (Lipinski definition) is 3. The zero-order valence-corrected chi connectivity index (χ0v) is 19.4. The van der Waals surface area contributed by atoms with E-state index in [1.54, 1.807) is 6.26 Å². The van der Waals surface area contributed by atoms with Gasteiger partial charge in [0.2, 0.25) is 5.82 Å². The molecule has 0 bridgehead atoms. The Hall–Kier alpha value is -2.56. The van der Waals surface area contributed by atoms with Crippen LogP contribution in [0.15, 0.2) is 58.1 Å². The minimum absolute atomic E-state index is 0. The minimum Gasteiger partial charge on any atom is -0.461 e. The molecule has 1 unspecified atom stereocenters. The van der Waals surface area contributed by atoms with Crippen molar-refractivity contribution in [3.8, 4) is 11.6 Å². The van der Waals surface area contributed by atoms with E-state index >= 15 is 0 Å². The number of guanidine groups is 1. The van der Waals surface area contributed by atoms with Crippen LogP contribution in [0.5, 0.6) is 0 Å². The molecule has 4 rings (SSSR count). The van der Waals surface area contributed by atoms with Gasteiger partial charge < -0.3 is 20.0 Å². The third-order valence-corrected chi connectivity index (χ3v) is 4.89. The summed E-state index contributed by atoms with van der Waals surface area (Å²) < 4.78 is 5.33. The van der Waals surface area contributed by atoms with Crippen LogP contribution in [0.3, 0.4) is 0 Å². The summed E-state index contributed by atoms with van der Waals surface area (Å²) in [7, 11) is 0. The van der Waals surface area contributed by atoms with E-state index in [-0.39, 0.29) is 24.0 Å². The highest BCUT2D eigenvalue weighted by atomic mass is 127. The van der Waals surface area contributed by atoms with Gasteiger partial charge in [-0.3, -0.25) is 10.1 Å². The van der Waals surface area contributed by atoms with Crippen LogP contribution in [0.1, 0.15) is 19.2 Å². The molecule has 3 N–H and O–H groups in total. The Bertz CT molecular complexity index is 911. The van der Waals surface area contributed by atoms with Gasteiger partial charge in [-0.25, -0.2) is 4.98 Å². The van der Waals surface area contributed by atoms with Gasteiger partial charge in [0, 0.05) is 44.3 Å². The Kier molecular flexibility index (Phi) is 8.12. The zero-order chi connectivity index (χ0) is 19.9. The van der Waals surface area contributed by atoms with Crippen molar-refractivity contribution in [2.45, 2.75) is 25.8 Å². The van der Waals surface area contributed by atoms with Gasteiger partial charge >= 0.3 is 0 Å². The molecule has 1 aliphatic heterocycles. The molecule has 0 spiro atoms. The number of H-pyrrole nitrogens is 1. The lowest BCUT2D eigenvalue weighted by Gasteiger charge is -2.20. The predicted molar refractivity (Wildman–Crippen MR) is 129 cm³/mol. The first-order valence-electron chi connectivity index (χ1n) is 10.1. The molecule has 0 amide bonds. The van der Waals surface area contributed by atoms with Crippen molar-refractivity contribution in [2.75, 3.05) is 31.1 Å². The van der Waals surface area contributed by atoms with E-state index in [0.29, 0.717) is 30.6 Å². The van der Waals surface area contributed by atoms with E-state index in [2.05, 4.69) is 68.0 Å². The van der Waals surface area contributed by atoms with Crippen molar-refractivity contribution in [1.29, 1.82) is 0 Å². The number of nitrogens with zero attached hydrogens (tertiary/aromatic N) is 4. The van der Waals surface area contributed by atoms with Gasteiger partial charge in [-0.1, -0.05) is 18.2 Å². The van der Waals surface area contributed by atoms with Gasteiger partial charge in [0.05, 0.1) is 6.26 Å². The molecule has 3 heterocycles. The highest BCUT2D eigenvalue weighted by Gasteiger charge is 2.23. The molecule has 0 saturated carbocycles. The van der Waals surface area contributed by atoms with E-state index in [1.165, 1.54) is 5.69 Å². The molecule has 1 fully saturated rings. The van der Waals surface area contributed by atoms with E-state index in [9.17, 15) is 0 Å². The number of aromatic amines is 1. The van der Waals surface area contributed by atoms with Crippen LogP contribution in [0.4, 0.5) is 5.69 Å². The number of furan rings is 1. The van der Waals surface area contributed by atoms with Crippen molar-refractivity contribution in [1.82, 2.24) is 25.8 Å². The summed E-state index contributed by atoms with van der Waals surface area (Å²) in [5.74, 6) is 2.88. The van der Waals surface area contributed by atoms with Crippen molar-refractivity contribution in [3.05, 3.63) is 54.6 Å². The number of benzene rings is 1. The molecule has 0 radical (unpaired) electrons. The van der Waals surface area contributed by atoms with Crippen molar-refractivity contribution in [3.63, 3.8) is 0 Å². The molecule has 3 aromatic rings. The third-order valence-electron chi connectivity index (χ3n) is 4.89. The fourth-order valence-electron chi connectivity index (χ4n) is 3.46. The summed E-state index contributed by atoms with van der Waals surface area (Å²) in [6.45, 7) is 5.55. The van der Waals surface area contributed by atoms with Crippen LogP contribution in [0.2, 0.25) is 0 Å². The molecule has 30 heavy (non-hydrogen) atoms. The summed E-state index contributed by atoms with van der Waals surface area (Å²) in [5, 5.41) is 14.1. The van der Waals surface area contributed by atoms with Crippen molar-refractivity contribution >= 4 is 35.6 Å². The molecular formula is C21H28IN7O. The topological polar surface area (TPSA) is 94.4 Å². The number of hydrogen-bond acceptors (Lipinski definition) is 5. The highest BCUT2D eigenvalue weighted by Crippen LogP contribution is 2.19. The number of para-hydroxylation sites is 1. The van der Waals surface area contributed by atoms with E-state index in [1.807, 2.05) is 12.1 Å². The Morgan fingerprint density at radius 1 is 1.27 bits per heavy atom. The van der Waals surface area contributed by atoms with Crippen LogP contribution < -0.4 is 15.5 Å². The Labute approximate surface area is 193 Å². The molecule has 1 saturated heterocycles. The molecule has 0 aliphatic carbocycles. The van der Waals surface area contributed by atoms with Gasteiger partial charge in [0.25, 0.3) is 0 Å². The van der Waals surface area contributed by atoms with Crippen molar-refractivity contribution in [2.24, 2.45) is 4.99 Å². The number of halogens is 1. The maximum absolute atomic E-state index is 5.33. The molecular weight excluding hydrogens is 493 g/mol. The lowest BCUT2D eigenvalue weighted by Crippen LogP contribution is -2.44. The molecule has 8 nitrogen and oxygen atoms in total. The Balaban J connectivity index is 0.00000256. The largest absolute Gasteiger partial charge is 0.461 e. The number of rotatable bonds is 7. The maximum atomic E-state index is 5.33. The lowest BCUT2D eigenvalue weighted by molar-refractivity contribution is 0.577. The van der Waals surface area contributed by atoms with E-state index < -0.39 is 0 Å². The third kappa shape index (κ3) is 5.74. The first kappa shape index (κ1) is 22.1. The highest BCUT2D eigenvalue weighted by molar-refractivity contribution is 14.0. The fraction of sp³-hybridized carbons (Fsp3) is 0.381. The van der Waals surface area contributed by atoms with Gasteiger partial charge in [0.15, 0.2) is 11.7 Å². The monoisotopic (exact) mass is 521 g/mol. The normalized spacial score (nSPS) is 16.4. The molecule has 1 aromatic carbocycles. The van der Waals surface area contributed by atoms with Crippen molar-refractivity contribution < 1.29 is 4.42 Å². The standard InChI is InChI=1S/C21H27N7O.HI/c1-2-22-21(24-16-11-13-28(15-16)17-7-4-3-5-8-17)23-12-10-19-25-20(27-26-19)18-9-6-14-29-18;/h3-9,14,16H,2,10-13,15H2,1H3,(H2,22,23,24)(H,25,26,27);1H. The van der Waals surface area contributed by atoms with E-state index in [4.69, 9.17) is 9.41 Å². The number of nitrogens with one attached hydrogen (secondary N) is 3. The number of aromatic nitrogens is 3. The molecule has 2 aromatic heterocycles. The molecule has 1 aliphatic rings.